The molecule has 0 fully saturated rings. The average Bonchev–Trinajstić information content (AvgIpc) is 2.57. The molecule has 2 rings (SSSR count). The fraction of sp³-hybridized carbons (Fsp3) is 0.118. The number of nitrogens with two attached hydrogens (primary N) is 1. The fourth-order valence-corrected chi connectivity index (χ4v) is 1.98. The largest absolute Gasteiger partial charge is 0.449 e. The van der Waals surface area contributed by atoms with E-state index in [1.807, 2.05) is 6.07 Å². The van der Waals surface area contributed by atoms with Crippen LogP contribution in [-0.4, -0.2) is 18.0 Å². The minimum Gasteiger partial charge on any atom is -0.449 e. The maximum Gasteiger partial charge on any atom is 0.338 e. The number of nitrogens with one attached hydrogen (secondary N) is 1. The average molecular weight is 344 g/mol. The molecule has 3 N–H and O–H groups in total. The number of hydrogen-bond acceptors (Lipinski definition) is 5. The lowest BCUT2D eigenvalue weighted by Crippen LogP contribution is -2.30. The van der Waals surface area contributed by atoms with Crippen molar-refractivity contribution in [1.29, 1.82) is 5.26 Å². The molecule has 0 bridgehead atoms. The molecule has 0 heterocycles. The van der Waals surface area contributed by atoms with E-state index in [0.717, 1.165) is 0 Å². The van der Waals surface area contributed by atoms with Crippen LogP contribution in [0.2, 0.25) is 5.02 Å². The maximum atomic E-state index is 12.1. The van der Waals surface area contributed by atoms with E-state index in [4.69, 9.17) is 27.3 Å². The smallest absolute Gasteiger partial charge is 0.338 e. The Kier molecular flexibility index (Phi) is 5.40. The summed E-state index contributed by atoms with van der Waals surface area (Å²) < 4.78 is 5.11. The highest BCUT2D eigenvalue weighted by atomic mass is 35.5. The van der Waals surface area contributed by atoms with Crippen molar-refractivity contribution >= 4 is 34.9 Å². The third-order valence-electron chi connectivity index (χ3n) is 3.14. The van der Waals surface area contributed by atoms with Crippen LogP contribution in [0.15, 0.2) is 42.5 Å². The van der Waals surface area contributed by atoms with Gasteiger partial charge < -0.3 is 15.8 Å². The van der Waals surface area contributed by atoms with Gasteiger partial charge in [0.05, 0.1) is 27.9 Å². The first-order chi connectivity index (χ1) is 11.4. The summed E-state index contributed by atoms with van der Waals surface area (Å²) >= 11 is 5.79. The first-order valence-electron chi connectivity index (χ1n) is 6.97. The summed E-state index contributed by atoms with van der Waals surface area (Å²) in [6.07, 6.45) is -1.03. The Balaban J connectivity index is 2.01. The molecule has 1 amide bonds. The number of nitrogen functional groups attached to an aromatic ring is 1. The Bertz CT molecular complexity index is 830. The SMILES string of the molecule is C[C@@H](OC(=O)c1ccc(Cl)c(N)c1)C(=O)Nc1cccc(C#N)c1. The maximum absolute atomic E-state index is 12.1. The van der Waals surface area contributed by atoms with Crippen LogP contribution in [0, 0.1) is 11.3 Å². The van der Waals surface area contributed by atoms with Crippen molar-refractivity contribution in [3.05, 3.63) is 58.6 Å². The van der Waals surface area contributed by atoms with Gasteiger partial charge in [-0.25, -0.2) is 4.79 Å². The van der Waals surface area contributed by atoms with Crippen LogP contribution in [0.3, 0.4) is 0 Å². The van der Waals surface area contributed by atoms with Gasteiger partial charge in [-0.1, -0.05) is 17.7 Å². The first kappa shape index (κ1) is 17.3. The van der Waals surface area contributed by atoms with Crippen molar-refractivity contribution in [3.8, 4) is 6.07 Å². The van der Waals surface area contributed by atoms with Gasteiger partial charge in [0.1, 0.15) is 0 Å². The summed E-state index contributed by atoms with van der Waals surface area (Å²) in [7, 11) is 0. The Labute approximate surface area is 143 Å². The zero-order chi connectivity index (χ0) is 17.7. The second-order valence-electron chi connectivity index (χ2n) is 4.97. The number of amides is 1. The van der Waals surface area contributed by atoms with Crippen LogP contribution in [0.4, 0.5) is 11.4 Å². The second kappa shape index (κ2) is 7.49. The molecule has 122 valence electrons. The highest BCUT2D eigenvalue weighted by Gasteiger charge is 2.19. The van der Waals surface area contributed by atoms with E-state index < -0.39 is 18.0 Å². The molecule has 2 aromatic carbocycles. The Hall–Kier alpha value is -3.04. The van der Waals surface area contributed by atoms with E-state index in [1.54, 1.807) is 18.2 Å². The lowest BCUT2D eigenvalue weighted by Gasteiger charge is -2.14. The summed E-state index contributed by atoms with van der Waals surface area (Å²) in [5.41, 5.74) is 6.93. The first-order valence-corrected chi connectivity index (χ1v) is 7.35. The van der Waals surface area contributed by atoms with Gasteiger partial charge in [-0.3, -0.25) is 4.79 Å². The summed E-state index contributed by atoms with van der Waals surface area (Å²) in [5.74, 6) is -1.20. The molecule has 0 unspecified atom stereocenters. The number of benzene rings is 2. The summed E-state index contributed by atoms with van der Waals surface area (Å²) in [4.78, 5) is 24.1. The Morgan fingerprint density at radius 1 is 1.29 bits per heavy atom. The lowest BCUT2D eigenvalue weighted by atomic mass is 10.2. The topological polar surface area (TPSA) is 105 Å². The number of nitrogens with zero attached hydrogens (tertiary/aromatic N) is 1. The third-order valence-corrected chi connectivity index (χ3v) is 3.49. The number of anilines is 2. The molecule has 7 heteroatoms. The van der Waals surface area contributed by atoms with Gasteiger partial charge >= 0.3 is 5.97 Å². The van der Waals surface area contributed by atoms with E-state index in [0.29, 0.717) is 16.3 Å². The molecule has 0 radical (unpaired) electrons. The van der Waals surface area contributed by atoms with Crippen LogP contribution < -0.4 is 11.1 Å². The Morgan fingerprint density at radius 2 is 2.04 bits per heavy atom. The third kappa shape index (κ3) is 4.24. The van der Waals surface area contributed by atoms with Crippen LogP contribution >= 0.6 is 11.6 Å². The molecule has 24 heavy (non-hydrogen) atoms. The number of nitriles is 1. The van der Waals surface area contributed by atoms with Gasteiger partial charge in [0.15, 0.2) is 6.10 Å². The zero-order valence-electron chi connectivity index (χ0n) is 12.7. The zero-order valence-corrected chi connectivity index (χ0v) is 13.5. The number of hydrogen-bond donors (Lipinski definition) is 2. The second-order valence-corrected chi connectivity index (χ2v) is 5.37. The van der Waals surface area contributed by atoms with E-state index in [1.165, 1.54) is 31.2 Å². The van der Waals surface area contributed by atoms with E-state index in [2.05, 4.69) is 5.32 Å². The van der Waals surface area contributed by atoms with Crippen molar-refractivity contribution in [2.24, 2.45) is 0 Å². The molecule has 0 aliphatic heterocycles. The summed E-state index contributed by atoms with van der Waals surface area (Å²) in [5, 5.41) is 11.7. The number of rotatable bonds is 4. The standard InChI is InChI=1S/C17H14ClN3O3/c1-10(16(22)21-13-4-2-3-11(7-13)9-19)24-17(23)12-5-6-14(18)15(20)8-12/h2-8,10H,20H2,1H3,(H,21,22)/t10-/m1/s1. The molecule has 0 saturated heterocycles. The minimum atomic E-state index is -1.03. The van der Waals surface area contributed by atoms with Gasteiger partial charge in [0.25, 0.3) is 5.91 Å². The van der Waals surface area contributed by atoms with Crippen LogP contribution in [0.5, 0.6) is 0 Å². The van der Waals surface area contributed by atoms with Crippen molar-refractivity contribution in [2.75, 3.05) is 11.1 Å². The molecule has 0 saturated carbocycles. The molecular weight excluding hydrogens is 330 g/mol. The number of ether oxygens (including phenoxy) is 1. The van der Waals surface area contributed by atoms with Gasteiger partial charge in [0, 0.05) is 5.69 Å². The molecule has 0 spiro atoms. The molecule has 0 aliphatic rings. The quantitative estimate of drug-likeness (QED) is 0.655. The van der Waals surface area contributed by atoms with Crippen molar-refractivity contribution in [2.45, 2.75) is 13.0 Å². The van der Waals surface area contributed by atoms with E-state index in [-0.39, 0.29) is 11.3 Å². The predicted molar refractivity (Wildman–Crippen MR) is 90.5 cm³/mol. The van der Waals surface area contributed by atoms with Crippen LogP contribution in [0.25, 0.3) is 0 Å². The van der Waals surface area contributed by atoms with Gasteiger partial charge in [-0.15, -0.1) is 0 Å². The van der Waals surface area contributed by atoms with E-state index in [9.17, 15) is 9.59 Å². The summed E-state index contributed by atoms with van der Waals surface area (Å²) in [6.45, 7) is 1.45. The molecule has 1 atom stereocenters. The van der Waals surface area contributed by atoms with Gasteiger partial charge in [-0.05, 0) is 43.3 Å². The highest BCUT2D eigenvalue weighted by Crippen LogP contribution is 2.20. The van der Waals surface area contributed by atoms with Gasteiger partial charge in [-0.2, -0.15) is 5.26 Å². The monoisotopic (exact) mass is 343 g/mol. The lowest BCUT2D eigenvalue weighted by molar-refractivity contribution is -0.123. The number of esters is 1. The van der Waals surface area contributed by atoms with Crippen LogP contribution in [-0.2, 0) is 9.53 Å². The Morgan fingerprint density at radius 3 is 2.71 bits per heavy atom. The molecular formula is C17H14ClN3O3. The van der Waals surface area contributed by atoms with Crippen molar-refractivity contribution in [3.63, 3.8) is 0 Å². The number of halogens is 1. The molecule has 2 aromatic rings. The minimum absolute atomic E-state index is 0.197. The highest BCUT2D eigenvalue weighted by molar-refractivity contribution is 6.33. The predicted octanol–water partition coefficient (Wildman–Crippen LogP) is 2.98. The van der Waals surface area contributed by atoms with Crippen molar-refractivity contribution in [1.82, 2.24) is 0 Å². The van der Waals surface area contributed by atoms with Crippen LogP contribution in [0.1, 0.15) is 22.8 Å². The fourth-order valence-electron chi connectivity index (χ4n) is 1.86. The number of carbonyl (C=O) groups excluding carboxylic acids is 2. The van der Waals surface area contributed by atoms with Crippen molar-refractivity contribution < 1.29 is 14.3 Å². The van der Waals surface area contributed by atoms with E-state index >= 15 is 0 Å². The van der Waals surface area contributed by atoms with Gasteiger partial charge in [0.2, 0.25) is 0 Å². The molecule has 0 aromatic heterocycles. The number of carbonyl (C=O) groups is 2. The normalized spacial score (nSPS) is 11.2. The molecule has 6 nitrogen and oxygen atoms in total. The summed E-state index contributed by atoms with van der Waals surface area (Å²) in [6, 6.07) is 12.7. The molecule has 0 aliphatic carbocycles.